The number of ether oxygens (including phenoxy) is 1. The molecule has 0 amide bonds. The predicted molar refractivity (Wildman–Crippen MR) is 163 cm³/mol. The zero-order valence-corrected chi connectivity index (χ0v) is 25.5. The largest absolute Gasteiger partial charge is 0.629 e. The molecule has 2 unspecified atom stereocenters. The summed E-state index contributed by atoms with van der Waals surface area (Å²) in [6, 6.07) is 0. The van der Waals surface area contributed by atoms with Gasteiger partial charge in [-0.25, -0.2) is 15.0 Å². The zero-order chi connectivity index (χ0) is 26.6. The highest BCUT2D eigenvalue weighted by Gasteiger charge is 2.11. The topological polar surface area (TPSA) is 102 Å². The summed E-state index contributed by atoms with van der Waals surface area (Å²) in [5, 5.41) is 0. The summed E-state index contributed by atoms with van der Waals surface area (Å²) in [6.07, 6.45) is 23.2. The molecule has 2 N–H and O–H groups in total. The third kappa shape index (κ3) is 14.8. The molecule has 2 aromatic rings. The van der Waals surface area contributed by atoms with Crippen molar-refractivity contribution in [3.63, 3.8) is 0 Å². The molecule has 2 rings (SSSR count). The fourth-order valence-electron chi connectivity index (χ4n) is 4.18. The van der Waals surface area contributed by atoms with Crippen molar-refractivity contribution in [1.82, 2.24) is 19.5 Å². The third-order valence-corrected chi connectivity index (χ3v) is 10.2. The number of rotatable bonds is 23. The lowest BCUT2D eigenvalue weighted by Gasteiger charge is -2.10. The minimum Gasteiger partial charge on any atom is -0.629 e. The Bertz CT molecular complexity index is 884. The van der Waals surface area contributed by atoms with E-state index in [0.29, 0.717) is 29.7 Å². The Labute approximate surface area is 233 Å². The van der Waals surface area contributed by atoms with E-state index in [0.717, 1.165) is 5.75 Å². The van der Waals surface area contributed by atoms with Gasteiger partial charge in [-0.05, 0) is 13.3 Å². The minimum atomic E-state index is -1.46. The first kappa shape index (κ1) is 32.4. The molecule has 0 aliphatic heterocycles. The van der Waals surface area contributed by atoms with Crippen molar-refractivity contribution in [1.29, 1.82) is 0 Å². The average Bonchev–Trinajstić information content (AvgIpc) is 3.30. The molecule has 2 atom stereocenters. The van der Waals surface area contributed by atoms with Crippen LogP contribution >= 0.6 is 29.4 Å². The van der Waals surface area contributed by atoms with Gasteiger partial charge in [0.15, 0.2) is 11.5 Å². The van der Waals surface area contributed by atoms with E-state index >= 15 is 0 Å². The Hall–Kier alpha value is -0.860. The van der Waals surface area contributed by atoms with Crippen LogP contribution in [0.2, 0.25) is 0 Å². The van der Waals surface area contributed by atoms with Gasteiger partial charge in [0.2, 0.25) is 5.98 Å². The quantitative estimate of drug-likeness (QED) is 0.0852. The number of nitrogens with zero attached hydrogens (tertiary/aromatic N) is 4. The van der Waals surface area contributed by atoms with Crippen LogP contribution < -0.4 is 10.6 Å². The second-order valence-corrected chi connectivity index (χ2v) is 14.0. The molecule has 0 aliphatic carbocycles. The number of unbranched alkanes of at least 4 members (excludes halogenated alkanes) is 13. The van der Waals surface area contributed by atoms with Crippen LogP contribution in [0.15, 0.2) is 12.7 Å². The second kappa shape index (κ2) is 21.0. The lowest BCUT2D eigenvalue weighted by atomic mass is 10.0. The van der Waals surface area contributed by atoms with Crippen molar-refractivity contribution in [2.45, 2.75) is 116 Å². The first-order chi connectivity index (χ1) is 18.1. The average molecular weight is 570 g/mol. The van der Waals surface area contributed by atoms with E-state index in [9.17, 15) is 4.89 Å². The summed E-state index contributed by atoms with van der Waals surface area (Å²) in [4.78, 5) is 24.7. The molecular weight excluding hydrogens is 521 g/mol. The molecule has 7 nitrogen and oxygen atoms in total. The van der Waals surface area contributed by atoms with Gasteiger partial charge in [0.05, 0.1) is 26.7 Å². The van der Waals surface area contributed by atoms with E-state index in [1.165, 1.54) is 108 Å². The summed E-state index contributed by atoms with van der Waals surface area (Å²) in [5.41, 5.74) is 7.10. The number of hydrogen-bond donors (Lipinski definition) is 1. The first-order valence-corrected chi connectivity index (χ1v) is 18.2. The number of nitrogen functional groups attached to an aromatic ring is 1. The van der Waals surface area contributed by atoms with E-state index in [1.54, 1.807) is 6.33 Å². The Morgan fingerprint density at radius 3 is 2.16 bits per heavy atom. The van der Waals surface area contributed by atoms with Crippen LogP contribution in [0.4, 0.5) is 5.82 Å². The monoisotopic (exact) mass is 569 g/mol. The summed E-state index contributed by atoms with van der Waals surface area (Å²) >= 11 is 0. The van der Waals surface area contributed by atoms with Gasteiger partial charge in [-0.2, -0.15) is 0 Å². The maximum Gasteiger partial charge on any atom is 0.208 e. The third-order valence-electron chi connectivity index (χ3n) is 6.35. The van der Waals surface area contributed by atoms with E-state index in [4.69, 9.17) is 10.5 Å². The maximum atomic E-state index is 12.3. The van der Waals surface area contributed by atoms with Gasteiger partial charge in [0.1, 0.15) is 18.0 Å². The van der Waals surface area contributed by atoms with Crippen molar-refractivity contribution in [2.75, 3.05) is 23.4 Å². The fraction of sp³-hybridized carbons (Fsp3) is 0.778. The molecule has 0 bridgehead atoms. The van der Waals surface area contributed by atoms with E-state index in [2.05, 4.69) is 21.9 Å². The number of anilines is 1. The van der Waals surface area contributed by atoms with E-state index in [-0.39, 0.29) is 6.10 Å². The first-order valence-electron chi connectivity index (χ1n) is 14.2. The van der Waals surface area contributed by atoms with Crippen LogP contribution in [0.1, 0.15) is 104 Å². The second-order valence-electron chi connectivity index (χ2n) is 9.76. The molecule has 10 heteroatoms. The summed E-state index contributed by atoms with van der Waals surface area (Å²) in [6.45, 7) is 4.78. The molecule has 37 heavy (non-hydrogen) atoms. The number of aromatic nitrogens is 4. The minimum absolute atomic E-state index is 0.144. The molecule has 0 aliphatic rings. The van der Waals surface area contributed by atoms with Crippen LogP contribution in [0.3, 0.4) is 0 Å². The molecule has 0 spiro atoms. The van der Waals surface area contributed by atoms with Gasteiger partial charge < -0.3 is 19.9 Å². The molecule has 0 saturated heterocycles. The van der Waals surface area contributed by atoms with Gasteiger partial charge in [0.25, 0.3) is 0 Å². The maximum absolute atomic E-state index is 12.3. The van der Waals surface area contributed by atoms with Crippen LogP contribution in [0, 0.1) is 0 Å². The standard InChI is InChI=1S/C27H48N5O2PS2/c1-3-4-5-6-7-8-9-10-11-12-13-14-15-16-18-36-37-19-17-35(33)23-34-24(2)20-32-22-31-25-26(28)29-21-30-27(25)32/h21-24H,3-20H2,1-2H3,(H2,28,29,30). The van der Waals surface area contributed by atoms with Crippen LogP contribution in [-0.4, -0.2) is 49.3 Å². The number of imidazole rings is 1. The van der Waals surface area contributed by atoms with Crippen molar-refractivity contribution in [3.8, 4) is 0 Å². The summed E-state index contributed by atoms with van der Waals surface area (Å²) < 4.78 is 7.57. The van der Waals surface area contributed by atoms with Crippen molar-refractivity contribution in [2.24, 2.45) is 0 Å². The van der Waals surface area contributed by atoms with Crippen molar-refractivity contribution in [3.05, 3.63) is 12.7 Å². The Morgan fingerprint density at radius 1 is 0.919 bits per heavy atom. The molecule has 0 fully saturated rings. The van der Waals surface area contributed by atoms with Crippen molar-refractivity contribution < 1.29 is 9.63 Å². The number of hydrogen-bond acceptors (Lipinski definition) is 8. The molecular formula is C27H48N5O2PS2. The smallest absolute Gasteiger partial charge is 0.208 e. The van der Waals surface area contributed by atoms with Crippen molar-refractivity contribution >= 4 is 52.3 Å². The lowest BCUT2D eigenvalue weighted by molar-refractivity contribution is -0.153. The molecule has 0 saturated carbocycles. The number of nitrogens with two attached hydrogens (primary N) is 1. The predicted octanol–water partition coefficient (Wildman–Crippen LogP) is 7.19. The van der Waals surface area contributed by atoms with E-state index < -0.39 is 7.77 Å². The molecule has 210 valence electrons. The lowest BCUT2D eigenvalue weighted by Crippen LogP contribution is -2.16. The molecule has 2 aromatic heterocycles. The van der Waals surface area contributed by atoms with Crippen LogP contribution in [-0.2, 0) is 11.3 Å². The Balaban J connectivity index is 1.38. The molecule has 0 aromatic carbocycles. The van der Waals surface area contributed by atoms with Gasteiger partial charge >= 0.3 is 0 Å². The Morgan fingerprint density at radius 2 is 1.51 bits per heavy atom. The van der Waals surface area contributed by atoms with Gasteiger partial charge in [-0.3, -0.25) is 0 Å². The van der Waals surface area contributed by atoms with Crippen LogP contribution in [0.25, 0.3) is 11.2 Å². The number of fused-ring (bicyclic) bond motifs is 1. The normalized spacial score (nSPS) is 13.0. The van der Waals surface area contributed by atoms with Gasteiger partial charge in [-0.1, -0.05) is 112 Å². The highest BCUT2D eigenvalue weighted by molar-refractivity contribution is 8.76. The van der Waals surface area contributed by atoms with Gasteiger partial charge in [0, 0.05) is 11.5 Å². The van der Waals surface area contributed by atoms with Crippen LogP contribution in [0.5, 0.6) is 0 Å². The highest BCUT2D eigenvalue weighted by atomic mass is 33.1. The zero-order valence-electron chi connectivity index (χ0n) is 23.0. The summed E-state index contributed by atoms with van der Waals surface area (Å²) in [7, 11) is 2.27. The highest BCUT2D eigenvalue weighted by Crippen LogP contribution is 2.26. The molecule has 2 heterocycles. The van der Waals surface area contributed by atoms with E-state index in [1.807, 2.05) is 33.1 Å². The van der Waals surface area contributed by atoms with Gasteiger partial charge in [-0.15, -0.1) is 0 Å². The fourth-order valence-corrected chi connectivity index (χ4v) is 7.93. The summed E-state index contributed by atoms with van der Waals surface area (Å²) in [5.74, 6) is 3.94. The molecule has 0 radical (unpaired) electrons. The Kier molecular flexibility index (Phi) is 18.4. The SMILES string of the molecule is CCCCCCCCCCCCCCCCSSCC/[P+]([O-])=C/OC(C)Cn1cnc2c(N)ncnc21.